The third-order valence-electron chi connectivity index (χ3n) is 4.66. The molecule has 0 aliphatic carbocycles. The van der Waals surface area contributed by atoms with Crippen LogP contribution in [0.4, 0.5) is 13.2 Å². The first-order valence-electron chi connectivity index (χ1n) is 8.80. The van der Waals surface area contributed by atoms with Crippen LogP contribution in [-0.4, -0.2) is 89.0 Å². The summed E-state index contributed by atoms with van der Waals surface area (Å²) in [6.45, 7) is 3.58. The number of thiophene rings is 1. The average molecular weight is 438 g/mol. The highest BCUT2D eigenvalue weighted by atomic mass is 32.1. The SMILES string of the molecule is O=C(O)C(F)(F)F.O=C(O)C1CC(N2CCOCC2)CCN1C(=O)c1cccs1. The molecule has 2 N–H and O–H groups in total. The molecule has 2 atom stereocenters. The lowest BCUT2D eigenvalue weighted by atomic mass is 9.95. The number of amides is 1. The zero-order chi connectivity index (χ0) is 21.6. The van der Waals surface area contributed by atoms with E-state index in [-0.39, 0.29) is 11.9 Å². The maximum absolute atomic E-state index is 12.5. The molecule has 3 heterocycles. The zero-order valence-electron chi connectivity index (χ0n) is 15.3. The predicted octanol–water partition coefficient (Wildman–Crippen LogP) is 1.77. The smallest absolute Gasteiger partial charge is 0.480 e. The minimum Gasteiger partial charge on any atom is -0.480 e. The molecule has 0 spiro atoms. The summed E-state index contributed by atoms with van der Waals surface area (Å²) in [6, 6.07) is 3.04. The standard InChI is InChI=1S/C15H20N2O4S.C2HF3O2/c18-14(13-2-1-9-22-13)17-4-3-11(10-12(17)15(19)20)16-5-7-21-8-6-16;3-2(4,5)1(6)7/h1-2,9,11-12H,3-8,10H2,(H,19,20);(H,6,7). The molecule has 2 saturated heterocycles. The summed E-state index contributed by atoms with van der Waals surface area (Å²) in [4.78, 5) is 37.5. The van der Waals surface area contributed by atoms with Gasteiger partial charge in [-0.1, -0.05) is 6.07 Å². The van der Waals surface area contributed by atoms with Crippen molar-refractivity contribution < 1.29 is 42.5 Å². The van der Waals surface area contributed by atoms with E-state index in [4.69, 9.17) is 14.6 Å². The maximum atomic E-state index is 12.5. The molecule has 0 saturated carbocycles. The van der Waals surface area contributed by atoms with Crippen molar-refractivity contribution in [1.29, 1.82) is 0 Å². The van der Waals surface area contributed by atoms with Crippen molar-refractivity contribution in [3.8, 4) is 0 Å². The van der Waals surface area contributed by atoms with Crippen LogP contribution in [0.1, 0.15) is 22.5 Å². The van der Waals surface area contributed by atoms with Crippen molar-refractivity contribution in [2.24, 2.45) is 0 Å². The summed E-state index contributed by atoms with van der Waals surface area (Å²) in [6.07, 6.45) is -3.77. The Morgan fingerprint density at radius 3 is 2.24 bits per heavy atom. The summed E-state index contributed by atoms with van der Waals surface area (Å²) in [5.41, 5.74) is 0. The summed E-state index contributed by atoms with van der Waals surface area (Å²) in [5, 5.41) is 18.5. The van der Waals surface area contributed by atoms with Gasteiger partial charge < -0.3 is 19.8 Å². The molecular weight excluding hydrogens is 417 g/mol. The van der Waals surface area contributed by atoms with Crippen LogP contribution in [0.25, 0.3) is 0 Å². The van der Waals surface area contributed by atoms with Crippen LogP contribution in [0.3, 0.4) is 0 Å². The molecule has 2 unspecified atom stereocenters. The molecule has 1 aromatic heterocycles. The summed E-state index contributed by atoms with van der Waals surface area (Å²) in [7, 11) is 0. The minimum atomic E-state index is -5.08. The fraction of sp³-hybridized carbons (Fsp3) is 0.588. The van der Waals surface area contributed by atoms with Crippen LogP contribution in [0.15, 0.2) is 17.5 Å². The monoisotopic (exact) mass is 438 g/mol. The Balaban J connectivity index is 0.000000370. The first kappa shape index (κ1) is 23.1. The van der Waals surface area contributed by atoms with Gasteiger partial charge in [0.05, 0.1) is 18.1 Å². The highest BCUT2D eigenvalue weighted by Gasteiger charge is 2.39. The van der Waals surface area contributed by atoms with Crippen molar-refractivity contribution in [2.45, 2.75) is 31.1 Å². The van der Waals surface area contributed by atoms with Crippen molar-refractivity contribution in [3.63, 3.8) is 0 Å². The average Bonchev–Trinajstić information content (AvgIpc) is 3.22. The van der Waals surface area contributed by atoms with Gasteiger partial charge in [0.25, 0.3) is 5.91 Å². The highest BCUT2D eigenvalue weighted by Crippen LogP contribution is 2.25. The van der Waals surface area contributed by atoms with E-state index in [1.807, 2.05) is 11.4 Å². The Morgan fingerprint density at radius 1 is 1.14 bits per heavy atom. The fourth-order valence-corrected chi connectivity index (χ4v) is 3.92. The van der Waals surface area contributed by atoms with Gasteiger partial charge in [0, 0.05) is 25.7 Å². The van der Waals surface area contributed by atoms with Gasteiger partial charge in [-0.05, 0) is 24.3 Å². The number of carboxylic acids is 2. The van der Waals surface area contributed by atoms with Gasteiger partial charge in [-0.3, -0.25) is 9.69 Å². The lowest BCUT2D eigenvalue weighted by Gasteiger charge is -2.42. The van der Waals surface area contributed by atoms with Gasteiger partial charge in [0.15, 0.2) is 0 Å². The number of likely N-dealkylation sites (tertiary alicyclic amines) is 1. The van der Waals surface area contributed by atoms with Gasteiger partial charge in [0.1, 0.15) is 6.04 Å². The van der Waals surface area contributed by atoms with Crippen molar-refractivity contribution in [3.05, 3.63) is 22.4 Å². The predicted molar refractivity (Wildman–Crippen MR) is 95.9 cm³/mol. The van der Waals surface area contributed by atoms with E-state index >= 15 is 0 Å². The van der Waals surface area contributed by atoms with E-state index in [0.29, 0.717) is 31.1 Å². The second-order valence-electron chi connectivity index (χ2n) is 6.46. The second kappa shape index (κ2) is 10.0. The normalized spacial score (nSPS) is 23.1. The van der Waals surface area contributed by atoms with Gasteiger partial charge in [-0.2, -0.15) is 13.2 Å². The van der Waals surface area contributed by atoms with E-state index in [1.54, 1.807) is 6.07 Å². The Morgan fingerprint density at radius 2 is 1.76 bits per heavy atom. The lowest BCUT2D eigenvalue weighted by Crippen LogP contribution is -2.56. The maximum Gasteiger partial charge on any atom is 0.490 e. The Hall–Kier alpha value is -2.18. The first-order chi connectivity index (χ1) is 13.6. The molecule has 0 bridgehead atoms. The lowest BCUT2D eigenvalue weighted by molar-refractivity contribution is -0.192. The number of alkyl halides is 3. The number of nitrogens with zero attached hydrogens (tertiary/aromatic N) is 2. The molecule has 29 heavy (non-hydrogen) atoms. The van der Waals surface area contributed by atoms with Crippen LogP contribution in [0, 0.1) is 0 Å². The third kappa shape index (κ3) is 6.41. The van der Waals surface area contributed by atoms with Gasteiger partial charge >= 0.3 is 18.1 Å². The second-order valence-corrected chi connectivity index (χ2v) is 7.41. The van der Waals surface area contributed by atoms with Crippen LogP contribution in [0.2, 0.25) is 0 Å². The number of carbonyl (C=O) groups is 3. The summed E-state index contributed by atoms with van der Waals surface area (Å²) >= 11 is 1.36. The number of morpholine rings is 1. The van der Waals surface area contributed by atoms with Crippen molar-refractivity contribution >= 4 is 29.2 Å². The molecule has 1 amide bonds. The Labute approximate surface area is 168 Å². The minimum absolute atomic E-state index is 0.164. The fourth-order valence-electron chi connectivity index (χ4n) is 3.24. The molecular formula is C17H21F3N2O6S. The Kier molecular flexibility index (Phi) is 7.99. The molecule has 0 radical (unpaired) electrons. The number of piperidine rings is 1. The number of hydrogen-bond acceptors (Lipinski definition) is 6. The number of carboxylic acid groups (broad SMARTS) is 2. The molecule has 8 nitrogen and oxygen atoms in total. The summed E-state index contributed by atoms with van der Waals surface area (Å²) in [5.74, 6) is -3.84. The number of hydrogen-bond donors (Lipinski definition) is 2. The topological polar surface area (TPSA) is 107 Å². The highest BCUT2D eigenvalue weighted by molar-refractivity contribution is 7.12. The molecule has 2 aliphatic heterocycles. The van der Waals surface area contributed by atoms with Gasteiger partial charge in [0.2, 0.25) is 0 Å². The molecule has 1 aromatic rings. The number of rotatable bonds is 3. The first-order valence-corrected chi connectivity index (χ1v) is 9.68. The van der Waals surface area contributed by atoms with E-state index < -0.39 is 24.2 Å². The number of carbonyl (C=O) groups excluding carboxylic acids is 1. The van der Waals surface area contributed by atoms with E-state index in [0.717, 1.165) is 19.5 Å². The zero-order valence-corrected chi connectivity index (χ0v) is 16.1. The molecule has 2 fully saturated rings. The Bertz CT molecular complexity index is 707. The van der Waals surface area contributed by atoms with E-state index in [2.05, 4.69) is 4.90 Å². The van der Waals surface area contributed by atoms with E-state index in [9.17, 15) is 27.9 Å². The number of halogens is 3. The van der Waals surface area contributed by atoms with Gasteiger partial charge in [-0.25, -0.2) is 9.59 Å². The van der Waals surface area contributed by atoms with Crippen molar-refractivity contribution in [1.82, 2.24) is 9.80 Å². The van der Waals surface area contributed by atoms with Crippen LogP contribution < -0.4 is 0 Å². The molecule has 2 aliphatic rings. The van der Waals surface area contributed by atoms with Crippen LogP contribution in [0.5, 0.6) is 0 Å². The molecule has 12 heteroatoms. The number of ether oxygens (including phenoxy) is 1. The van der Waals surface area contributed by atoms with Gasteiger partial charge in [-0.15, -0.1) is 11.3 Å². The largest absolute Gasteiger partial charge is 0.490 e. The molecule has 162 valence electrons. The summed E-state index contributed by atoms with van der Waals surface area (Å²) < 4.78 is 37.1. The third-order valence-corrected chi connectivity index (χ3v) is 5.52. The number of aliphatic carboxylic acids is 2. The van der Waals surface area contributed by atoms with Crippen molar-refractivity contribution in [2.75, 3.05) is 32.8 Å². The van der Waals surface area contributed by atoms with E-state index in [1.165, 1.54) is 16.2 Å². The molecule has 0 aromatic carbocycles. The molecule has 3 rings (SSSR count). The quantitative estimate of drug-likeness (QED) is 0.741. The van der Waals surface area contributed by atoms with Crippen LogP contribution in [-0.2, 0) is 14.3 Å². The van der Waals surface area contributed by atoms with Crippen LogP contribution >= 0.6 is 11.3 Å².